The number of fused-ring (bicyclic) bond motifs is 2. The van der Waals surface area contributed by atoms with Crippen LogP contribution in [0.25, 0.3) is 10.8 Å². The van der Waals surface area contributed by atoms with Gasteiger partial charge in [-0.05, 0) is 0 Å². The Labute approximate surface area is 171 Å². The van der Waals surface area contributed by atoms with E-state index in [1.54, 1.807) is 16.7 Å². The van der Waals surface area contributed by atoms with Crippen molar-refractivity contribution in [3.05, 3.63) is 70.8 Å². The molecule has 3 heteroatoms. The summed E-state index contributed by atoms with van der Waals surface area (Å²) < 4.78 is 0. The zero-order valence-corrected chi connectivity index (χ0v) is 17.6. The van der Waals surface area contributed by atoms with Gasteiger partial charge in [0.1, 0.15) is 0 Å². The van der Waals surface area contributed by atoms with Gasteiger partial charge in [0, 0.05) is 0 Å². The second kappa shape index (κ2) is 11.5. The van der Waals surface area contributed by atoms with Crippen LogP contribution in [0.1, 0.15) is 48.9 Å². The van der Waals surface area contributed by atoms with E-state index in [1.165, 1.54) is 48.4 Å². The summed E-state index contributed by atoms with van der Waals surface area (Å²) in [7, 11) is 0. The molecule has 0 radical (unpaired) electrons. The van der Waals surface area contributed by atoms with Crippen molar-refractivity contribution in [3.8, 4) is 0 Å². The van der Waals surface area contributed by atoms with Gasteiger partial charge in [0.25, 0.3) is 0 Å². The van der Waals surface area contributed by atoms with Crippen LogP contribution in [0.5, 0.6) is 0 Å². The Morgan fingerprint density at radius 3 is 2.31 bits per heavy atom. The van der Waals surface area contributed by atoms with E-state index in [-0.39, 0.29) is 31.1 Å². The number of hydrogen-bond acceptors (Lipinski definition) is 0. The van der Waals surface area contributed by atoms with E-state index in [1.807, 2.05) is 0 Å². The van der Waals surface area contributed by atoms with Gasteiger partial charge in [0.05, 0.1) is 0 Å². The molecule has 0 aromatic heterocycles. The molecule has 1 aliphatic carbocycles. The molecule has 0 fully saturated rings. The summed E-state index contributed by atoms with van der Waals surface area (Å²) in [6.45, 7) is 6.76. The van der Waals surface area contributed by atoms with Gasteiger partial charge < -0.3 is 0 Å². The van der Waals surface area contributed by atoms with Gasteiger partial charge in [-0.1, -0.05) is 64.9 Å². The molecule has 0 saturated carbocycles. The number of halogens is 2. The van der Waals surface area contributed by atoms with E-state index in [4.69, 9.17) is 0 Å². The molecule has 0 amide bonds. The maximum atomic E-state index is 2.36. The predicted molar refractivity (Wildman–Crippen MR) is 107 cm³/mol. The molecule has 3 aromatic rings. The molecule has 0 N–H and O–H groups in total. The maximum Gasteiger partial charge on any atom is 2.00 e. The molecule has 1 aliphatic rings. The largest absolute Gasteiger partial charge is 2.00 e. The van der Waals surface area contributed by atoms with Gasteiger partial charge in [-0.15, -0.1) is 34.5 Å². The van der Waals surface area contributed by atoms with Crippen molar-refractivity contribution in [2.45, 2.75) is 52.9 Å². The first-order valence-corrected chi connectivity index (χ1v) is 9.02. The summed E-state index contributed by atoms with van der Waals surface area (Å²) in [4.78, 5) is 0. The standard InChI is InChI=1S/C13H19.C10H9.2FH.Ti/c1-10(2)9-12-8-7-11-5-3-4-6-13(11)12;1-8-6-7-9-4-2-3-5-10(8)9;;;/h7-8,10H,3-6,9H2,1-2H3;2-7H,1H3;2*1H;/q2*-1;;;+2. The molecule has 0 aliphatic heterocycles. The van der Waals surface area contributed by atoms with Crippen LogP contribution in [0.3, 0.4) is 0 Å². The van der Waals surface area contributed by atoms with E-state index < -0.39 is 0 Å². The number of benzene rings is 1. The molecular weight excluding hydrogens is 362 g/mol. The molecule has 0 saturated heterocycles. The molecule has 3 aromatic carbocycles. The fraction of sp³-hybridized carbons (Fsp3) is 0.391. The van der Waals surface area contributed by atoms with Crippen molar-refractivity contribution in [2.75, 3.05) is 0 Å². The summed E-state index contributed by atoms with van der Waals surface area (Å²) in [6.07, 6.45) is 6.74. The Bertz CT molecular complexity index is 767. The monoisotopic (exact) mass is 392 g/mol. The molecular formula is C23H30F2Ti. The molecule has 0 spiro atoms. The third-order valence-corrected chi connectivity index (χ3v) is 4.91. The summed E-state index contributed by atoms with van der Waals surface area (Å²) in [5, 5.41) is 2.72. The van der Waals surface area contributed by atoms with Crippen molar-refractivity contribution in [1.82, 2.24) is 0 Å². The Morgan fingerprint density at radius 2 is 1.62 bits per heavy atom. The average Bonchev–Trinajstić information content (AvgIpc) is 3.13. The van der Waals surface area contributed by atoms with Crippen molar-refractivity contribution in [3.63, 3.8) is 0 Å². The van der Waals surface area contributed by atoms with Gasteiger partial charge in [-0.2, -0.15) is 34.9 Å². The van der Waals surface area contributed by atoms with Crippen LogP contribution in [-0.2, 0) is 41.0 Å². The SMILES string of the molecule is CC(C)C[c-]1ccc2c1CCCC2.C[c-]1ccc2ccccc21.F.F.[Ti+2]. The van der Waals surface area contributed by atoms with E-state index in [2.05, 4.69) is 69.3 Å². The molecule has 0 unspecified atom stereocenters. The van der Waals surface area contributed by atoms with Crippen molar-refractivity contribution < 1.29 is 31.1 Å². The summed E-state index contributed by atoms with van der Waals surface area (Å²) >= 11 is 0. The summed E-state index contributed by atoms with van der Waals surface area (Å²) in [5.74, 6) is 0.799. The Kier molecular flexibility index (Phi) is 10.9. The number of hydrogen-bond donors (Lipinski definition) is 0. The third kappa shape index (κ3) is 5.89. The first kappa shape index (κ1) is 24.8. The third-order valence-electron chi connectivity index (χ3n) is 4.91. The Morgan fingerprint density at radius 1 is 0.923 bits per heavy atom. The first-order chi connectivity index (χ1) is 11.1. The Balaban J connectivity index is 0.000000441. The Hall–Kier alpha value is -1.25. The molecule has 4 rings (SSSR count). The maximum absolute atomic E-state index is 2.36. The molecule has 0 atom stereocenters. The van der Waals surface area contributed by atoms with Gasteiger partial charge in [-0.25, -0.2) is 6.07 Å². The molecule has 0 bridgehead atoms. The van der Waals surface area contributed by atoms with Crippen LogP contribution >= 0.6 is 0 Å². The molecule has 0 heterocycles. The van der Waals surface area contributed by atoms with E-state index in [0.717, 1.165) is 5.92 Å². The molecule has 26 heavy (non-hydrogen) atoms. The van der Waals surface area contributed by atoms with Gasteiger partial charge in [0.2, 0.25) is 0 Å². The summed E-state index contributed by atoms with van der Waals surface area (Å²) in [5.41, 5.74) is 6.34. The summed E-state index contributed by atoms with van der Waals surface area (Å²) in [6, 6.07) is 17.5. The molecule has 0 nitrogen and oxygen atoms in total. The van der Waals surface area contributed by atoms with Crippen LogP contribution in [0, 0.1) is 12.8 Å². The second-order valence-corrected chi connectivity index (χ2v) is 7.27. The van der Waals surface area contributed by atoms with Crippen molar-refractivity contribution in [2.24, 2.45) is 5.92 Å². The fourth-order valence-electron chi connectivity index (χ4n) is 3.72. The van der Waals surface area contributed by atoms with E-state index >= 15 is 0 Å². The zero-order chi connectivity index (χ0) is 16.2. The number of aryl methyl sites for hydroxylation is 2. The smallest absolute Gasteiger partial charge is 0.269 e. The van der Waals surface area contributed by atoms with Crippen molar-refractivity contribution >= 4 is 10.8 Å². The fourth-order valence-corrected chi connectivity index (χ4v) is 3.72. The minimum absolute atomic E-state index is 0. The van der Waals surface area contributed by atoms with Gasteiger partial charge in [0.15, 0.2) is 0 Å². The van der Waals surface area contributed by atoms with Gasteiger partial charge in [-0.3, -0.25) is 9.41 Å². The van der Waals surface area contributed by atoms with Crippen molar-refractivity contribution in [1.29, 1.82) is 0 Å². The number of rotatable bonds is 2. The second-order valence-electron chi connectivity index (χ2n) is 7.27. The van der Waals surface area contributed by atoms with Crippen LogP contribution in [-0.4, -0.2) is 0 Å². The van der Waals surface area contributed by atoms with Crippen LogP contribution in [0.2, 0.25) is 0 Å². The molecule has 140 valence electrons. The van der Waals surface area contributed by atoms with Crippen LogP contribution < -0.4 is 0 Å². The normalized spacial score (nSPS) is 12.2. The topological polar surface area (TPSA) is 0 Å². The quantitative estimate of drug-likeness (QED) is 0.338. The van der Waals surface area contributed by atoms with Gasteiger partial charge >= 0.3 is 21.7 Å². The minimum atomic E-state index is 0. The average molecular weight is 392 g/mol. The van der Waals surface area contributed by atoms with E-state index in [9.17, 15) is 0 Å². The first-order valence-electron chi connectivity index (χ1n) is 9.02. The van der Waals surface area contributed by atoms with Crippen LogP contribution in [0.15, 0.2) is 48.5 Å². The predicted octanol–water partition coefficient (Wildman–Crippen LogP) is 6.65. The van der Waals surface area contributed by atoms with Crippen LogP contribution in [0.4, 0.5) is 9.41 Å². The van der Waals surface area contributed by atoms with E-state index in [0.29, 0.717) is 0 Å². The zero-order valence-electron chi connectivity index (χ0n) is 16.0. The minimum Gasteiger partial charge on any atom is -0.269 e.